The number of nitrogens with zero attached hydrogens (tertiary/aromatic N) is 1. The Morgan fingerprint density at radius 3 is 2.17 bits per heavy atom. The standard InChI is InChI=1S/C37H65NO3/c1-5-7-9-11-12-13-14-16-26-38(34(40)17-15-10-8-6-2)28-37(41)25-24-35(3)29(27-37)18-19-30-31-20-21-33(39)36(31,4)23-22-32(30)35/h29-32,41H,5-28H2,1-4H3/t29-,30-,31-,32-,35-,36-,37+/m0/s1. The van der Waals surface area contributed by atoms with Gasteiger partial charge >= 0.3 is 0 Å². The molecule has 4 nitrogen and oxygen atoms in total. The van der Waals surface area contributed by atoms with Crippen LogP contribution in [0.4, 0.5) is 0 Å². The van der Waals surface area contributed by atoms with Crippen LogP contribution >= 0.6 is 0 Å². The highest BCUT2D eigenvalue weighted by molar-refractivity contribution is 5.87. The van der Waals surface area contributed by atoms with Crippen LogP contribution in [0, 0.1) is 34.5 Å². The van der Waals surface area contributed by atoms with Crippen molar-refractivity contribution < 1.29 is 14.7 Å². The van der Waals surface area contributed by atoms with E-state index in [-0.39, 0.29) is 16.7 Å². The van der Waals surface area contributed by atoms with E-state index in [1.165, 1.54) is 77.0 Å². The number of Topliss-reactive ketones (excluding diaryl/α,β-unsaturated/α-hetero) is 1. The highest BCUT2D eigenvalue weighted by Gasteiger charge is 2.61. The maximum Gasteiger partial charge on any atom is 0.222 e. The quantitative estimate of drug-likeness (QED) is 0.188. The second kappa shape index (κ2) is 14.7. The third kappa shape index (κ3) is 7.61. The van der Waals surface area contributed by atoms with E-state index in [9.17, 15) is 14.7 Å². The molecule has 4 rings (SSSR count). The molecule has 4 fully saturated rings. The van der Waals surface area contributed by atoms with Crippen molar-refractivity contribution in [3.63, 3.8) is 0 Å². The Hall–Kier alpha value is -0.900. The summed E-state index contributed by atoms with van der Waals surface area (Å²) in [6.07, 6.45) is 24.6. The molecule has 1 N–H and O–H groups in total. The Morgan fingerprint density at radius 2 is 1.46 bits per heavy atom. The predicted octanol–water partition coefficient (Wildman–Crippen LogP) is 9.27. The van der Waals surface area contributed by atoms with E-state index in [0.29, 0.717) is 42.4 Å². The van der Waals surface area contributed by atoms with Crippen LogP contribution in [0.3, 0.4) is 0 Å². The van der Waals surface area contributed by atoms with Gasteiger partial charge in [-0.05, 0) is 93.3 Å². The molecule has 0 bridgehead atoms. The fraction of sp³-hybridized carbons (Fsp3) is 0.946. The Balaban J connectivity index is 1.34. The van der Waals surface area contributed by atoms with Crippen molar-refractivity contribution in [1.29, 1.82) is 0 Å². The van der Waals surface area contributed by atoms with Crippen LogP contribution in [0.2, 0.25) is 0 Å². The number of rotatable bonds is 16. The van der Waals surface area contributed by atoms with Crippen molar-refractivity contribution in [2.75, 3.05) is 13.1 Å². The molecule has 0 aromatic rings. The topological polar surface area (TPSA) is 57.6 Å². The zero-order valence-electron chi connectivity index (χ0n) is 27.5. The average molecular weight is 572 g/mol. The van der Waals surface area contributed by atoms with Gasteiger partial charge in [0.05, 0.1) is 5.60 Å². The Bertz CT molecular complexity index is 857. The maximum absolute atomic E-state index is 13.4. The fourth-order valence-corrected chi connectivity index (χ4v) is 10.2. The summed E-state index contributed by atoms with van der Waals surface area (Å²) < 4.78 is 0. The second-order valence-corrected chi connectivity index (χ2v) is 15.6. The zero-order chi connectivity index (χ0) is 29.5. The van der Waals surface area contributed by atoms with E-state index in [2.05, 4.69) is 32.6 Å². The summed E-state index contributed by atoms with van der Waals surface area (Å²) in [6, 6.07) is 0. The molecule has 7 atom stereocenters. The van der Waals surface area contributed by atoms with E-state index in [1.807, 2.05) is 0 Å². The molecule has 0 aromatic heterocycles. The molecule has 4 saturated carbocycles. The van der Waals surface area contributed by atoms with Crippen LogP contribution < -0.4 is 0 Å². The van der Waals surface area contributed by atoms with Gasteiger partial charge in [0, 0.05) is 31.3 Å². The molecular weight excluding hydrogens is 506 g/mol. The first-order valence-corrected chi connectivity index (χ1v) is 18.2. The first-order chi connectivity index (χ1) is 19.7. The third-order valence-corrected chi connectivity index (χ3v) is 12.9. The number of amides is 1. The van der Waals surface area contributed by atoms with Gasteiger partial charge in [0.25, 0.3) is 0 Å². The van der Waals surface area contributed by atoms with Crippen molar-refractivity contribution in [2.45, 2.75) is 175 Å². The highest BCUT2D eigenvalue weighted by atomic mass is 16.3. The molecular formula is C37H65NO3. The van der Waals surface area contributed by atoms with Crippen LogP contribution in [-0.2, 0) is 9.59 Å². The van der Waals surface area contributed by atoms with Crippen LogP contribution in [0.15, 0.2) is 0 Å². The lowest BCUT2D eigenvalue weighted by molar-refractivity contribution is -0.161. The van der Waals surface area contributed by atoms with Crippen LogP contribution in [0.25, 0.3) is 0 Å². The van der Waals surface area contributed by atoms with Gasteiger partial charge in [0.1, 0.15) is 5.78 Å². The monoisotopic (exact) mass is 571 g/mol. The SMILES string of the molecule is CCCCCCCCCCN(C[C@@]1(O)CC[C@@]2(C)[C@@H](CC[C@@H]3[C@@H]2CC[C@]2(C)C(=O)CC[C@@H]32)C1)C(=O)CCCCCC. The van der Waals surface area contributed by atoms with Gasteiger partial charge in [0.2, 0.25) is 5.91 Å². The van der Waals surface area contributed by atoms with Crippen molar-refractivity contribution in [2.24, 2.45) is 34.5 Å². The fourth-order valence-electron chi connectivity index (χ4n) is 10.2. The number of aliphatic hydroxyl groups is 1. The number of fused-ring (bicyclic) bond motifs is 5. The minimum atomic E-state index is -0.747. The summed E-state index contributed by atoms with van der Waals surface area (Å²) in [5.41, 5.74) is -0.537. The molecule has 1 amide bonds. The minimum Gasteiger partial charge on any atom is -0.388 e. The van der Waals surface area contributed by atoms with E-state index < -0.39 is 5.60 Å². The van der Waals surface area contributed by atoms with E-state index in [1.54, 1.807) is 0 Å². The number of hydrogen-bond donors (Lipinski definition) is 1. The first-order valence-electron chi connectivity index (χ1n) is 18.2. The predicted molar refractivity (Wildman–Crippen MR) is 170 cm³/mol. The average Bonchev–Trinajstić information content (AvgIpc) is 3.26. The molecule has 0 aromatic carbocycles. The Morgan fingerprint density at radius 1 is 0.805 bits per heavy atom. The van der Waals surface area contributed by atoms with Gasteiger partial charge in [-0.25, -0.2) is 0 Å². The van der Waals surface area contributed by atoms with Crippen molar-refractivity contribution in [1.82, 2.24) is 4.90 Å². The molecule has 0 heterocycles. The summed E-state index contributed by atoms with van der Waals surface area (Å²) in [4.78, 5) is 28.3. The molecule has 0 spiro atoms. The molecule has 236 valence electrons. The summed E-state index contributed by atoms with van der Waals surface area (Å²) in [5, 5.41) is 12.1. The number of carbonyl (C=O) groups is 2. The lowest BCUT2D eigenvalue weighted by Crippen LogP contribution is -2.58. The molecule has 4 aliphatic rings. The van der Waals surface area contributed by atoms with Gasteiger partial charge in [-0.2, -0.15) is 0 Å². The van der Waals surface area contributed by atoms with Gasteiger partial charge in [-0.3, -0.25) is 9.59 Å². The van der Waals surface area contributed by atoms with Gasteiger partial charge < -0.3 is 10.0 Å². The smallest absolute Gasteiger partial charge is 0.222 e. The molecule has 41 heavy (non-hydrogen) atoms. The van der Waals surface area contributed by atoms with Gasteiger partial charge in [-0.1, -0.05) is 91.9 Å². The number of ketones is 1. The van der Waals surface area contributed by atoms with Crippen molar-refractivity contribution >= 4 is 11.7 Å². The maximum atomic E-state index is 13.4. The minimum absolute atomic E-state index is 0.0622. The first kappa shape index (κ1) is 33.0. The summed E-state index contributed by atoms with van der Waals surface area (Å²) in [6.45, 7) is 10.6. The van der Waals surface area contributed by atoms with E-state index in [0.717, 1.165) is 64.3 Å². The Kier molecular flexibility index (Phi) is 11.8. The van der Waals surface area contributed by atoms with Crippen molar-refractivity contribution in [3.05, 3.63) is 0 Å². The normalized spacial score (nSPS) is 36.5. The second-order valence-electron chi connectivity index (χ2n) is 15.6. The Labute approximate surface area is 253 Å². The molecule has 4 heteroatoms. The van der Waals surface area contributed by atoms with Gasteiger partial charge in [-0.15, -0.1) is 0 Å². The van der Waals surface area contributed by atoms with E-state index >= 15 is 0 Å². The third-order valence-electron chi connectivity index (χ3n) is 12.9. The van der Waals surface area contributed by atoms with E-state index in [4.69, 9.17) is 0 Å². The largest absolute Gasteiger partial charge is 0.388 e. The molecule has 0 unspecified atom stereocenters. The molecule has 4 aliphatic carbocycles. The summed E-state index contributed by atoms with van der Waals surface area (Å²) in [5.74, 6) is 3.31. The summed E-state index contributed by atoms with van der Waals surface area (Å²) in [7, 11) is 0. The lowest BCUT2D eigenvalue weighted by Gasteiger charge is -2.61. The zero-order valence-corrected chi connectivity index (χ0v) is 27.5. The molecule has 0 aliphatic heterocycles. The molecule has 0 saturated heterocycles. The van der Waals surface area contributed by atoms with Crippen LogP contribution in [0.1, 0.15) is 169 Å². The molecule has 0 radical (unpaired) electrons. The highest BCUT2D eigenvalue weighted by Crippen LogP contribution is 2.66. The number of unbranched alkanes of at least 4 members (excludes halogenated alkanes) is 10. The van der Waals surface area contributed by atoms with Crippen LogP contribution in [0.5, 0.6) is 0 Å². The lowest BCUT2D eigenvalue weighted by atomic mass is 9.44. The van der Waals surface area contributed by atoms with Crippen LogP contribution in [-0.4, -0.2) is 40.4 Å². The van der Waals surface area contributed by atoms with Gasteiger partial charge in [0.15, 0.2) is 0 Å². The summed E-state index contributed by atoms with van der Waals surface area (Å²) >= 11 is 0. The number of hydrogen-bond acceptors (Lipinski definition) is 3. The number of carbonyl (C=O) groups excluding carboxylic acids is 2. The van der Waals surface area contributed by atoms with Crippen molar-refractivity contribution in [3.8, 4) is 0 Å².